The van der Waals surface area contributed by atoms with Crippen molar-refractivity contribution in [1.82, 2.24) is 19.8 Å². The van der Waals surface area contributed by atoms with E-state index < -0.39 is 34.8 Å². The lowest BCUT2D eigenvalue weighted by Gasteiger charge is -2.36. The first kappa shape index (κ1) is 29.6. The number of hydrogen-bond acceptors (Lipinski definition) is 8. The second kappa shape index (κ2) is 10.9. The van der Waals surface area contributed by atoms with Gasteiger partial charge in [0.2, 0.25) is 17.7 Å². The molecule has 232 valence electrons. The van der Waals surface area contributed by atoms with Gasteiger partial charge in [0, 0.05) is 38.5 Å². The summed E-state index contributed by atoms with van der Waals surface area (Å²) >= 11 is 0. The lowest BCUT2D eigenvalue weighted by molar-refractivity contribution is -0.139. The van der Waals surface area contributed by atoms with Gasteiger partial charge in [0.1, 0.15) is 22.9 Å². The maximum Gasteiger partial charge on any atom is 0.423 e. The molecule has 3 aliphatic rings. The average molecular weight is 615 g/mol. The van der Waals surface area contributed by atoms with E-state index in [2.05, 4.69) is 20.2 Å². The monoisotopic (exact) mass is 614 g/mol. The molecule has 14 heteroatoms. The number of benzene rings is 2. The largest absolute Gasteiger partial charge is 0.494 e. The van der Waals surface area contributed by atoms with E-state index in [1.807, 2.05) is 7.05 Å². The minimum atomic E-state index is -4.87. The van der Waals surface area contributed by atoms with Crippen LogP contribution in [0.25, 0.3) is 0 Å². The Balaban J connectivity index is 1.30. The highest BCUT2D eigenvalue weighted by Crippen LogP contribution is 2.45. The van der Waals surface area contributed by atoms with Crippen molar-refractivity contribution in [3.63, 3.8) is 0 Å². The first-order chi connectivity index (χ1) is 20.9. The van der Waals surface area contributed by atoms with Gasteiger partial charge in [-0.1, -0.05) is 12.1 Å². The molecular weight excluding hydrogens is 584 g/mol. The van der Waals surface area contributed by atoms with Crippen LogP contribution in [0.2, 0.25) is 0 Å². The van der Waals surface area contributed by atoms with Crippen LogP contribution in [0, 0.1) is 11.2 Å². The first-order valence-electron chi connectivity index (χ1n) is 14.0. The molecule has 1 N–H and O–H groups in total. The molecule has 0 radical (unpaired) electrons. The molecule has 1 spiro atoms. The van der Waals surface area contributed by atoms with Crippen LogP contribution in [0.1, 0.15) is 40.7 Å². The number of halogens is 4. The SMILES string of the molecule is COc1cc(N2CCC3(CCN(C)CC3)C2=O)c(F)cc1Nc1ncc(C(F)(F)F)c(Oc2cccc3c2C(=O)N(C)C3)n1. The molecule has 2 aromatic carbocycles. The van der Waals surface area contributed by atoms with E-state index in [-0.39, 0.29) is 46.8 Å². The summed E-state index contributed by atoms with van der Waals surface area (Å²) in [5.41, 5.74) is -0.950. The van der Waals surface area contributed by atoms with Crippen LogP contribution in [-0.4, -0.2) is 72.4 Å². The lowest BCUT2D eigenvalue weighted by atomic mass is 9.77. The van der Waals surface area contributed by atoms with Crippen molar-refractivity contribution >= 4 is 29.1 Å². The fraction of sp³-hybridized carbons (Fsp3) is 0.400. The standard InChI is InChI=1S/C30H30F4N6O4/c1-38-10-7-29(8-11-38)9-12-40(27(29)42)21-14-23(43-3)20(13-19(21)31)36-28-35-15-18(30(32,33)34)25(37-28)44-22-6-4-5-17-16-39(2)26(41)24(17)22/h4-6,13-15H,7-12,16H2,1-3H3,(H,35,36,37). The number of carbonyl (C=O) groups is 2. The van der Waals surface area contributed by atoms with Crippen LogP contribution >= 0.6 is 0 Å². The normalized spacial score (nSPS) is 18.2. The quantitative estimate of drug-likeness (QED) is 0.378. The van der Waals surface area contributed by atoms with Gasteiger partial charge in [0.15, 0.2) is 0 Å². The molecule has 2 amide bonds. The van der Waals surface area contributed by atoms with Crippen molar-refractivity contribution in [1.29, 1.82) is 0 Å². The van der Waals surface area contributed by atoms with Crippen LogP contribution in [0.4, 0.5) is 34.9 Å². The number of hydrogen-bond donors (Lipinski definition) is 1. The molecule has 0 unspecified atom stereocenters. The van der Waals surface area contributed by atoms with E-state index in [9.17, 15) is 22.8 Å². The molecule has 0 atom stereocenters. The Hall–Kier alpha value is -4.46. The number of nitrogens with zero attached hydrogens (tertiary/aromatic N) is 5. The maximum absolute atomic E-state index is 15.5. The number of amides is 2. The van der Waals surface area contributed by atoms with Gasteiger partial charge in [-0.15, -0.1) is 0 Å². The average Bonchev–Trinajstić information content (AvgIpc) is 3.45. The Labute approximate surface area is 250 Å². The Bertz CT molecular complexity index is 1640. The van der Waals surface area contributed by atoms with Crippen LogP contribution in [0.5, 0.6) is 17.4 Å². The third-order valence-electron chi connectivity index (χ3n) is 8.61. The molecule has 3 aliphatic heterocycles. The number of carbonyl (C=O) groups excluding carboxylic acids is 2. The number of rotatable bonds is 6. The molecule has 3 aromatic rings. The Morgan fingerprint density at radius 3 is 2.45 bits per heavy atom. The number of fused-ring (bicyclic) bond motifs is 1. The number of alkyl halides is 3. The fourth-order valence-electron chi connectivity index (χ4n) is 6.05. The highest BCUT2D eigenvalue weighted by atomic mass is 19.4. The Morgan fingerprint density at radius 1 is 1.02 bits per heavy atom. The topological polar surface area (TPSA) is 100 Å². The molecule has 0 saturated carbocycles. The summed E-state index contributed by atoms with van der Waals surface area (Å²) in [6.07, 6.45) is -2.31. The zero-order valence-electron chi connectivity index (χ0n) is 24.3. The number of nitrogens with one attached hydrogen (secondary N) is 1. The maximum atomic E-state index is 15.5. The van der Waals surface area contributed by atoms with Crippen LogP contribution in [0.15, 0.2) is 36.5 Å². The summed E-state index contributed by atoms with van der Waals surface area (Å²) in [7, 11) is 4.92. The molecule has 6 rings (SSSR count). The highest BCUT2D eigenvalue weighted by Gasteiger charge is 2.48. The minimum Gasteiger partial charge on any atom is -0.494 e. The van der Waals surface area contributed by atoms with Crippen LogP contribution < -0.4 is 19.7 Å². The molecule has 0 bridgehead atoms. The van der Waals surface area contributed by atoms with E-state index in [4.69, 9.17) is 9.47 Å². The predicted molar refractivity (Wildman–Crippen MR) is 152 cm³/mol. The number of aromatic nitrogens is 2. The van der Waals surface area contributed by atoms with E-state index in [0.29, 0.717) is 37.6 Å². The Morgan fingerprint density at radius 2 is 1.75 bits per heavy atom. The lowest BCUT2D eigenvalue weighted by Crippen LogP contribution is -2.43. The number of likely N-dealkylation sites (tertiary alicyclic amines) is 1. The van der Waals surface area contributed by atoms with Gasteiger partial charge in [-0.2, -0.15) is 18.2 Å². The molecule has 2 saturated heterocycles. The molecular formula is C30H30F4N6O4. The number of piperidine rings is 1. The first-order valence-corrected chi connectivity index (χ1v) is 14.0. The number of methoxy groups -OCH3 is 1. The van der Waals surface area contributed by atoms with Crippen LogP contribution in [0.3, 0.4) is 0 Å². The van der Waals surface area contributed by atoms with Gasteiger partial charge in [-0.3, -0.25) is 9.59 Å². The van der Waals surface area contributed by atoms with Gasteiger partial charge >= 0.3 is 6.18 Å². The minimum absolute atomic E-state index is 0.0255. The number of anilines is 3. The fourth-order valence-corrected chi connectivity index (χ4v) is 6.05. The van der Waals surface area contributed by atoms with Crippen molar-refractivity contribution in [2.24, 2.45) is 5.41 Å². The highest BCUT2D eigenvalue weighted by molar-refractivity contribution is 6.01. The van der Waals surface area contributed by atoms with Crippen molar-refractivity contribution in [3.05, 3.63) is 59.0 Å². The molecule has 0 aliphatic carbocycles. The van der Waals surface area contributed by atoms with E-state index in [0.717, 1.165) is 19.2 Å². The van der Waals surface area contributed by atoms with Gasteiger partial charge in [-0.25, -0.2) is 9.37 Å². The second-order valence-corrected chi connectivity index (χ2v) is 11.4. The van der Waals surface area contributed by atoms with Crippen molar-refractivity contribution in [2.45, 2.75) is 32.0 Å². The predicted octanol–water partition coefficient (Wildman–Crippen LogP) is 5.21. The van der Waals surface area contributed by atoms with E-state index in [1.165, 1.54) is 29.0 Å². The zero-order chi connectivity index (χ0) is 31.4. The van der Waals surface area contributed by atoms with Crippen molar-refractivity contribution in [2.75, 3.05) is 51.1 Å². The van der Waals surface area contributed by atoms with E-state index in [1.54, 1.807) is 19.2 Å². The molecule has 2 fully saturated rings. The van der Waals surface area contributed by atoms with Crippen molar-refractivity contribution in [3.8, 4) is 17.4 Å². The molecule has 44 heavy (non-hydrogen) atoms. The third-order valence-corrected chi connectivity index (χ3v) is 8.61. The molecule has 1 aromatic heterocycles. The van der Waals surface area contributed by atoms with Gasteiger partial charge in [0.25, 0.3) is 5.91 Å². The van der Waals surface area contributed by atoms with Crippen LogP contribution in [-0.2, 0) is 17.5 Å². The number of ether oxygens (including phenoxy) is 2. The van der Waals surface area contributed by atoms with E-state index >= 15 is 4.39 Å². The van der Waals surface area contributed by atoms with Gasteiger partial charge in [0.05, 0.1) is 29.5 Å². The molecule has 4 heterocycles. The van der Waals surface area contributed by atoms with Crippen molar-refractivity contribution < 1.29 is 36.6 Å². The summed E-state index contributed by atoms with van der Waals surface area (Å²) in [5.74, 6) is -2.38. The summed E-state index contributed by atoms with van der Waals surface area (Å²) in [6.45, 7) is 2.22. The summed E-state index contributed by atoms with van der Waals surface area (Å²) in [4.78, 5) is 38.8. The third kappa shape index (κ3) is 5.16. The summed E-state index contributed by atoms with van der Waals surface area (Å²) in [5, 5.41) is 2.71. The summed E-state index contributed by atoms with van der Waals surface area (Å²) in [6, 6.07) is 7.11. The summed E-state index contributed by atoms with van der Waals surface area (Å²) < 4.78 is 68.3. The zero-order valence-corrected chi connectivity index (χ0v) is 24.3. The smallest absolute Gasteiger partial charge is 0.423 e. The second-order valence-electron chi connectivity index (χ2n) is 11.4. The molecule has 10 nitrogen and oxygen atoms in total. The van der Waals surface area contributed by atoms with Gasteiger partial charge < -0.3 is 29.5 Å². The Kier molecular flexibility index (Phi) is 7.34. The van der Waals surface area contributed by atoms with Gasteiger partial charge in [-0.05, 0) is 51.0 Å².